The fraction of sp³-hybridized carbons (Fsp3) is 1.00. The largest absolute Gasteiger partial charge is 0.0927 e. The predicted octanol–water partition coefficient (Wildman–Crippen LogP) is 8.85. The van der Waals surface area contributed by atoms with Crippen molar-refractivity contribution in [3.8, 4) is 0 Å². The molecule has 0 spiro atoms. The molecule has 0 N–H and O–H groups in total. The summed E-state index contributed by atoms with van der Waals surface area (Å²) in [7, 11) is 0.767. The van der Waals surface area contributed by atoms with Gasteiger partial charge < -0.3 is 0 Å². The summed E-state index contributed by atoms with van der Waals surface area (Å²) in [6.45, 7) is 2.36. The van der Waals surface area contributed by atoms with Crippen LogP contribution in [-0.2, 0) is 0 Å². The quantitative estimate of drug-likeness (QED) is 0.229. The third kappa shape index (κ3) is 4.54. The van der Waals surface area contributed by atoms with Crippen LogP contribution < -0.4 is 0 Å². The summed E-state index contributed by atoms with van der Waals surface area (Å²) in [5.41, 5.74) is 4.89. The van der Waals surface area contributed by atoms with Crippen LogP contribution in [0, 0.1) is 0 Å². The van der Waals surface area contributed by atoms with Crippen LogP contribution in [0.4, 0.5) is 0 Å². The van der Waals surface area contributed by atoms with Crippen molar-refractivity contribution in [2.75, 3.05) is 0 Å². The molecule has 0 aromatic heterocycles. The van der Waals surface area contributed by atoms with E-state index < -0.39 is 0 Å². The molecule has 0 amide bonds. The lowest BCUT2D eigenvalue weighted by Crippen LogP contribution is -2.36. The van der Waals surface area contributed by atoms with Gasteiger partial charge in [-0.1, -0.05) is 80.6 Å². The molecule has 4 saturated carbocycles. The van der Waals surface area contributed by atoms with Gasteiger partial charge in [0.25, 0.3) is 0 Å². The Morgan fingerprint density at radius 2 is 0.962 bits per heavy atom. The fourth-order valence-electron chi connectivity index (χ4n) is 5.69. The maximum atomic E-state index is 2.36. The average molecular weight is 395 g/mol. The molecule has 0 aromatic rings. The van der Waals surface area contributed by atoms with Gasteiger partial charge in [-0.05, 0) is 80.4 Å². The van der Waals surface area contributed by atoms with Gasteiger partial charge in [0.1, 0.15) is 0 Å². The molecule has 0 nitrogen and oxygen atoms in total. The third-order valence-electron chi connectivity index (χ3n) is 8.24. The second-order valence-electron chi connectivity index (χ2n) is 9.92. The first kappa shape index (κ1) is 20.1. The summed E-state index contributed by atoms with van der Waals surface area (Å²) in [6, 6.07) is 0. The van der Waals surface area contributed by atoms with E-state index in [1.807, 2.05) is 0 Å². The molecule has 0 unspecified atom stereocenters. The number of unbranched alkanes of at least 4 members (excludes halogenated alkanes) is 4. The van der Waals surface area contributed by atoms with Gasteiger partial charge in [0, 0.05) is 5.40 Å². The maximum Gasteiger partial charge on any atom is 0.000410 e. The Kier molecular flexibility index (Phi) is 7.79. The molecule has 4 aliphatic carbocycles. The van der Waals surface area contributed by atoms with Crippen molar-refractivity contribution in [2.45, 2.75) is 151 Å². The van der Waals surface area contributed by atoms with Crippen molar-refractivity contribution in [1.29, 1.82) is 0 Å². The highest BCUT2D eigenvalue weighted by atomic mass is 31.2. The van der Waals surface area contributed by atoms with Crippen LogP contribution in [0.2, 0.25) is 0 Å². The third-order valence-corrected chi connectivity index (χ3v) is 17.2. The summed E-state index contributed by atoms with van der Waals surface area (Å²) in [5, 5.41) is 1.26. The van der Waals surface area contributed by atoms with Crippen molar-refractivity contribution in [1.82, 2.24) is 0 Å². The van der Waals surface area contributed by atoms with Crippen molar-refractivity contribution in [3.05, 3.63) is 0 Å². The molecule has 0 aromatic carbocycles. The van der Waals surface area contributed by atoms with Crippen LogP contribution in [0.15, 0.2) is 0 Å². The second kappa shape index (κ2) is 10.1. The van der Waals surface area contributed by atoms with Crippen molar-refractivity contribution in [2.24, 2.45) is 0 Å². The Morgan fingerprint density at radius 3 is 1.27 bits per heavy atom. The zero-order valence-corrected chi connectivity index (χ0v) is 19.3. The molecular weight excluding hydrogens is 350 g/mol. The Bertz CT molecular complexity index is 346. The first-order chi connectivity index (χ1) is 12.9. The molecule has 0 bridgehead atoms. The van der Waals surface area contributed by atoms with Gasteiger partial charge in [0.15, 0.2) is 0 Å². The van der Waals surface area contributed by atoms with Crippen LogP contribution >= 0.6 is 15.8 Å². The monoisotopic (exact) mass is 394 g/mol. The lowest BCUT2D eigenvalue weighted by Gasteiger charge is -2.55. The Morgan fingerprint density at radius 1 is 0.577 bits per heavy atom. The number of hydrogen-bond donors (Lipinski definition) is 0. The van der Waals surface area contributed by atoms with Gasteiger partial charge in [-0.3, -0.25) is 0 Å². The van der Waals surface area contributed by atoms with Gasteiger partial charge in [0.2, 0.25) is 0 Å². The molecule has 0 heterocycles. The smallest absolute Gasteiger partial charge is 0.000410 e. The van der Waals surface area contributed by atoms with Crippen LogP contribution in [0.25, 0.3) is 0 Å². The van der Waals surface area contributed by atoms with Crippen LogP contribution in [-0.4, -0.2) is 28.0 Å². The van der Waals surface area contributed by atoms with Gasteiger partial charge in [-0.15, -0.1) is 0 Å². The van der Waals surface area contributed by atoms with E-state index in [1.165, 1.54) is 47.3 Å². The summed E-state index contributed by atoms with van der Waals surface area (Å²) in [4.78, 5) is 0. The van der Waals surface area contributed by atoms with Gasteiger partial charge in [-0.2, -0.15) is 0 Å². The van der Waals surface area contributed by atoms with E-state index >= 15 is 0 Å². The van der Waals surface area contributed by atoms with E-state index in [4.69, 9.17) is 0 Å². The summed E-state index contributed by atoms with van der Waals surface area (Å²) >= 11 is 0. The molecule has 0 radical (unpaired) electrons. The van der Waals surface area contributed by atoms with E-state index in [-0.39, 0.29) is 0 Å². The minimum absolute atomic E-state index is 0.383. The summed E-state index contributed by atoms with van der Waals surface area (Å²) in [5.74, 6) is 0. The zero-order valence-electron chi connectivity index (χ0n) is 17.5. The minimum Gasteiger partial charge on any atom is -0.0927 e. The average Bonchev–Trinajstić information content (AvgIpc) is 2.43. The normalized spacial score (nSPS) is 25.4. The second-order valence-corrected chi connectivity index (χ2v) is 16.3. The molecule has 150 valence electrons. The van der Waals surface area contributed by atoms with Gasteiger partial charge >= 0.3 is 0 Å². The molecule has 2 heteroatoms. The predicted molar refractivity (Wildman–Crippen MR) is 122 cm³/mol. The van der Waals surface area contributed by atoms with Crippen molar-refractivity contribution >= 4 is 15.8 Å². The van der Waals surface area contributed by atoms with Gasteiger partial charge in [-0.25, -0.2) is 0 Å². The van der Waals surface area contributed by atoms with E-state index in [9.17, 15) is 0 Å². The first-order valence-electron chi connectivity index (χ1n) is 12.4. The standard InChI is InChI=1S/C24H44P2/c1-2-3-4-5-6-19-24(25(20-11-7-12-20)21-13-8-14-21)26(22-15-9-16-22)23-17-10-18-23/h20-24H,2-19H2,1H3. The molecule has 26 heavy (non-hydrogen) atoms. The topological polar surface area (TPSA) is 0 Å². The van der Waals surface area contributed by atoms with Crippen LogP contribution in [0.3, 0.4) is 0 Å². The highest BCUT2D eigenvalue weighted by molar-refractivity contribution is 7.77. The summed E-state index contributed by atoms with van der Waals surface area (Å²) in [6.07, 6.45) is 28.5. The van der Waals surface area contributed by atoms with E-state index in [0.717, 1.165) is 0 Å². The molecule has 4 aliphatic rings. The van der Waals surface area contributed by atoms with Crippen molar-refractivity contribution < 1.29 is 0 Å². The lowest BCUT2D eigenvalue weighted by molar-refractivity contribution is 0.461. The van der Waals surface area contributed by atoms with Gasteiger partial charge in [0.05, 0.1) is 0 Å². The Balaban J connectivity index is 1.46. The van der Waals surface area contributed by atoms with Crippen LogP contribution in [0.5, 0.6) is 0 Å². The number of rotatable bonds is 12. The molecular formula is C24H44P2. The van der Waals surface area contributed by atoms with E-state index in [1.54, 1.807) is 96.3 Å². The van der Waals surface area contributed by atoms with Crippen LogP contribution in [0.1, 0.15) is 122 Å². The summed E-state index contributed by atoms with van der Waals surface area (Å²) < 4.78 is 0. The minimum atomic E-state index is 0.383. The maximum absolute atomic E-state index is 2.36. The molecule has 4 fully saturated rings. The highest BCUT2D eigenvalue weighted by Gasteiger charge is 2.47. The molecule has 0 saturated heterocycles. The lowest BCUT2D eigenvalue weighted by atomic mass is 9.99. The van der Waals surface area contributed by atoms with Crippen molar-refractivity contribution in [3.63, 3.8) is 0 Å². The molecule has 0 atom stereocenters. The van der Waals surface area contributed by atoms with E-state index in [2.05, 4.69) is 6.92 Å². The van der Waals surface area contributed by atoms with E-state index in [0.29, 0.717) is 15.8 Å². The number of hydrogen-bond acceptors (Lipinski definition) is 0. The zero-order chi connectivity index (χ0) is 17.8. The SMILES string of the molecule is CCCCCCCC(P(C1CCC1)C1CCC1)P(C1CCC1)C1CCC1. The Labute approximate surface area is 166 Å². The molecule has 4 rings (SSSR count). The fourth-order valence-corrected chi connectivity index (χ4v) is 17.1. The highest BCUT2D eigenvalue weighted by Crippen LogP contribution is 2.76. The molecule has 0 aliphatic heterocycles. The first-order valence-corrected chi connectivity index (χ1v) is 15.5. The Hall–Kier alpha value is 0.860.